The number of nitrogens with zero attached hydrogens (tertiary/aromatic N) is 2. The number of ether oxygens (including phenoxy) is 1. The maximum Gasteiger partial charge on any atom is 0.277 e. The summed E-state index contributed by atoms with van der Waals surface area (Å²) in [6, 6.07) is 16.1. The van der Waals surface area contributed by atoms with Gasteiger partial charge in [-0.3, -0.25) is 4.79 Å². The molecule has 1 aliphatic rings. The van der Waals surface area contributed by atoms with E-state index in [2.05, 4.69) is 10.5 Å². The number of amides is 1. The van der Waals surface area contributed by atoms with Gasteiger partial charge in [-0.25, -0.2) is 19.0 Å². The minimum Gasteiger partial charge on any atom is -0.484 e. The third-order valence-electron chi connectivity index (χ3n) is 5.43. The molecule has 0 aliphatic carbocycles. The van der Waals surface area contributed by atoms with Crippen molar-refractivity contribution >= 4 is 45.7 Å². The molecule has 0 atom stereocenters. The van der Waals surface area contributed by atoms with Crippen LogP contribution in [0.15, 0.2) is 64.6 Å². The number of nitrogens with two attached hydrogens (primary N) is 1. The van der Waals surface area contributed by atoms with Crippen molar-refractivity contribution in [3.8, 4) is 11.4 Å². The molecule has 11 heteroatoms. The van der Waals surface area contributed by atoms with Crippen LogP contribution in [0.25, 0.3) is 5.69 Å². The van der Waals surface area contributed by atoms with E-state index < -0.39 is 10.0 Å². The number of thioether (sulfide) groups is 2. The highest BCUT2D eigenvalue weighted by molar-refractivity contribution is 8.19. The SMILES string of the molecule is Cc1cc(/C=N\NC(=O)COc2ccc(C3SCCS3)cc2)c(C)n1-c1ccc(S(N)(=O)=O)cc1. The first-order chi connectivity index (χ1) is 16.7. The number of primary sulfonamides is 1. The van der Waals surface area contributed by atoms with Gasteiger partial charge in [0.1, 0.15) is 5.75 Å². The zero-order valence-electron chi connectivity index (χ0n) is 19.3. The Balaban J connectivity index is 1.33. The highest BCUT2D eigenvalue weighted by Gasteiger charge is 2.18. The van der Waals surface area contributed by atoms with Gasteiger partial charge in [0.05, 0.1) is 15.7 Å². The van der Waals surface area contributed by atoms with Crippen molar-refractivity contribution in [3.05, 3.63) is 77.1 Å². The van der Waals surface area contributed by atoms with E-state index >= 15 is 0 Å². The third-order valence-corrected chi connectivity index (χ3v) is 9.46. The summed E-state index contributed by atoms with van der Waals surface area (Å²) in [5, 5.41) is 9.23. The fraction of sp³-hybridized carbons (Fsp3) is 0.250. The molecular weight excluding hydrogens is 504 g/mol. The van der Waals surface area contributed by atoms with Gasteiger partial charge in [-0.15, -0.1) is 23.5 Å². The fourth-order valence-electron chi connectivity index (χ4n) is 3.73. The summed E-state index contributed by atoms with van der Waals surface area (Å²) < 4.78 is 31.0. The second-order valence-corrected chi connectivity index (χ2v) is 12.2. The van der Waals surface area contributed by atoms with Crippen LogP contribution in [0.3, 0.4) is 0 Å². The second kappa shape index (κ2) is 10.9. The quantitative estimate of drug-likeness (QED) is 0.339. The van der Waals surface area contributed by atoms with Crippen LogP contribution >= 0.6 is 23.5 Å². The van der Waals surface area contributed by atoms with Crippen LogP contribution in [0.5, 0.6) is 5.75 Å². The maximum atomic E-state index is 12.2. The predicted molar refractivity (Wildman–Crippen MR) is 142 cm³/mol. The van der Waals surface area contributed by atoms with Crippen molar-refractivity contribution in [2.24, 2.45) is 10.2 Å². The molecular formula is C24H26N4O4S3. The number of hydrogen-bond acceptors (Lipinski definition) is 7. The molecule has 2 heterocycles. The number of aryl methyl sites for hydroxylation is 1. The lowest BCUT2D eigenvalue weighted by Crippen LogP contribution is -2.24. The van der Waals surface area contributed by atoms with Crippen molar-refractivity contribution < 1.29 is 17.9 Å². The Morgan fingerprint density at radius 2 is 1.80 bits per heavy atom. The second-order valence-electron chi connectivity index (χ2n) is 7.93. The van der Waals surface area contributed by atoms with E-state index in [-0.39, 0.29) is 17.4 Å². The molecule has 1 amide bonds. The summed E-state index contributed by atoms with van der Waals surface area (Å²) in [6.07, 6.45) is 1.57. The molecule has 2 aromatic carbocycles. The molecule has 0 unspecified atom stereocenters. The number of carbonyl (C=O) groups is 1. The highest BCUT2D eigenvalue weighted by Crippen LogP contribution is 2.45. The molecule has 0 spiro atoms. The van der Waals surface area contributed by atoms with Crippen molar-refractivity contribution in [2.45, 2.75) is 23.3 Å². The first-order valence-corrected chi connectivity index (χ1v) is 14.5. The van der Waals surface area contributed by atoms with Crippen LogP contribution in [0.2, 0.25) is 0 Å². The number of nitrogens with one attached hydrogen (secondary N) is 1. The lowest BCUT2D eigenvalue weighted by molar-refractivity contribution is -0.123. The normalized spacial score (nSPS) is 14.5. The van der Waals surface area contributed by atoms with Crippen molar-refractivity contribution in [1.82, 2.24) is 9.99 Å². The van der Waals surface area contributed by atoms with Crippen LogP contribution < -0.4 is 15.3 Å². The lowest BCUT2D eigenvalue weighted by Gasteiger charge is -2.10. The van der Waals surface area contributed by atoms with E-state index in [1.807, 2.05) is 72.3 Å². The molecule has 1 saturated heterocycles. The van der Waals surface area contributed by atoms with Gasteiger partial charge < -0.3 is 9.30 Å². The molecule has 184 valence electrons. The summed E-state index contributed by atoms with van der Waals surface area (Å²) >= 11 is 3.89. The highest BCUT2D eigenvalue weighted by atomic mass is 32.2. The minimum atomic E-state index is -3.75. The lowest BCUT2D eigenvalue weighted by atomic mass is 10.2. The van der Waals surface area contributed by atoms with Gasteiger partial charge in [-0.2, -0.15) is 5.10 Å². The van der Waals surface area contributed by atoms with Crippen LogP contribution in [-0.4, -0.2) is 43.2 Å². The molecule has 35 heavy (non-hydrogen) atoms. The molecule has 0 bridgehead atoms. The van der Waals surface area contributed by atoms with Gasteiger partial charge in [-0.05, 0) is 61.9 Å². The molecule has 3 N–H and O–H groups in total. The predicted octanol–water partition coefficient (Wildman–Crippen LogP) is 3.75. The number of aromatic nitrogens is 1. The summed E-state index contributed by atoms with van der Waals surface area (Å²) in [6.45, 7) is 3.71. The van der Waals surface area contributed by atoms with Crippen molar-refractivity contribution in [2.75, 3.05) is 18.1 Å². The standard InChI is InChI=1S/C24H26N4O4S3/c1-16-13-19(17(2)28(16)20-5-9-22(10-6-20)35(25,30)31)14-26-27-23(29)15-32-21-7-3-18(4-8-21)24-33-11-12-34-24/h3-10,13-14,24H,11-12,15H2,1-2H3,(H,27,29)(H2,25,30,31)/b26-14-. The average Bonchev–Trinajstić information content (AvgIpc) is 3.46. The fourth-order valence-corrected chi connectivity index (χ4v) is 7.10. The molecule has 8 nitrogen and oxygen atoms in total. The van der Waals surface area contributed by atoms with Crippen LogP contribution in [0.4, 0.5) is 0 Å². The number of rotatable bonds is 8. The largest absolute Gasteiger partial charge is 0.484 e. The van der Waals surface area contributed by atoms with Crippen molar-refractivity contribution in [1.29, 1.82) is 0 Å². The van der Waals surface area contributed by atoms with E-state index in [1.165, 1.54) is 29.2 Å². The average molecular weight is 531 g/mol. The van der Waals surface area contributed by atoms with E-state index in [9.17, 15) is 13.2 Å². The Hall–Kier alpha value is -2.73. The molecule has 0 radical (unpaired) electrons. The Morgan fingerprint density at radius 1 is 1.14 bits per heavy atom. The number of sulfonamides is 1. The van der Waals surface area contributed by atoms with E-state index in [0.717, 1.165) is 22.6 Å². The first-order valence-electron chi connectivity index (χ1n) is 10.8. The number of benzene rings is 2. The van der Waals surface area contributed by atoms with Gasteiger partial charge in [-0.1, -0.05) is 12.1 Å². The number of hydrazone groups is 1. The molecule has 3 aromatic rings. The summed E-state index contributed by atoms with van der Waals surface area (Å²) in [7, 11) is -3.75. The Morgan fingerprint density at radius 3 is 2.43 bits per heavy atom. The molecule has 1 aromatic heterocycles. The van der Waals surface area contributed by atoms with Gasteiger partial charge in [0.15, 0.2) is 6.61 Å². The van der Waals surface area contributed by atoms with Crippen LogP contribution in [0, 0.1) is 13.8 Å². The minimum absolute atomic E-state index is 0.0539. The number of hydrogen-bond donors (Lipinski definition) is 2. The van der Waals surface area contributed by atoms with Gasteiger partial charge in [0.25, 0.3) is 5.91 Å². The topological polar surface area (TPSA) is 116 Å². The van der Waals surface area contributed by atoms with Crippen LogP contribution in [-0.2, 0) is 14.8 Å². The molecule has 1 aliphatic heterocycles. The molecule has 0 saturated carbocycles. The zero-order valence-corrected chi connectivity index (χ0v) is 21.8. The van der Waals surface area contributed by atoms with Gasteiger partial charge in [0, 0.05) is 34.1 Å². The summed E-state index contributed by atoms with van der Waals surface area (Å²) in [5.74, 6) is 2.62. The maximum absolute atomic E-state index is 12.2. The molecule has 4 rings (SSSR count). The van der Waals surface area contributed by atoms with Gasteiger partial charge >= 0.3 is 0 Å². The Kier molecular flexibility index (Phi) is 7.90. The van der Waals surface area contributed by atoms with E-state index in [0.29, 0.717) is 10.3 Å². The Labute approximate surface area is 213 Å². The third kappa shape index (κ3) is 6.29. The Bertz CT molecular complexity index is 1330. The number of carbonyl (C=O) groups excluding carboxylic acids is 1. The first kappa shape index (κ1) is 25.4. The monoisotopic (exact) mass is 530 g/mol. The van der Waals surface area contributed by atoms with Crippen LogP contribution in [0.1, 0.15) is 27.1 Å². The van der Waals surface area contributed by atoms with Crippen molar-refractivity contribution in [3.63, 3.8) is 0 Å². The smallest absolute Gasteiger partial charge is 0.277 e. The van der Waals surface area contributed by atoms with E-state index in [4.69, 9.17) is 9.88 Å². The zero-order chi connectivity index (χ0) is 25.0. The summed E-state index contributed by atoms with van der Waals surface area (Å²) in [5.41, 5.74) is 7.17. The summed E-state index contributed by atoms with van der Waals surface area (Å²) in [4.78, 5) is 12.2. The molecule has 1 fully saturated rings. The van der Waals surface area contributed by atoms with E-state index in [1.54, 1.807) is 18.3 Å². The van der Waals surface area contributed by atoms with Gasteiger partial charge in [0.2, 0.25) is 10.0 Å².